The monoisotopic (exact) mass is 457 g/mol. The van der Waals surface area contributed by atoms with E-state index in [0.29, 0.717) is 27.1 Å². The summed E-state index contributed by atoms with van der Waals surface area (Å²) in [5.74, 6) is -0.373. The van der Waals surface area contributed by atoms with Crippen LogP contribution in [0.1, 0.15) is 11.3 Å². The van der Waals surface area contributed by atoms with Crippen molar-refractivity contribution in [3.8, 4) is 5.69 Å². The highest BCUT2D eigenvalue weighted by atomic mass is 79.9. The van der Waals surface area contributed by atoms with E-state index >= 15 is 0 Å². The minimum atomic E-state index is -0.373. The number of halogens is 2. The maximum atomic E-state index is 13.2. The molecule has 0 bridgehead atoms. The third-order valence-corrected chi connectivity index (χ3v) is 5.51. The molecule has 7 nitrogen and oxygen atoms in total. The van der Waals surface area contributed by atoms with Crippen molar-refractivity contribution >= 4 is 38.9 Å². The van der Waals surface area contributed by atoms with E-state index in [1.54, 1.807) is 36.2 Å². The predicted octanol–water partition coefficient (Wildman–Crippen LogP) is 3.32. The number of benzene rings is 2. The molecule has 0 amide bonds. The Hall–Kier alpha value is -3.20. The highest BCUT2D eigenvalue weighted by molar-refractivity contribution is 9.10. The van der Waals surface area contributed by atoms with Gasteiger partial charge in [-0.05, 0) is 59.3 Å². The van der Waals surface area contributed by atoms with Crippen LogP contribution in [0, 0.1) is 12.7 Å². The molecule has 2 aromatic heterocycles. The summed E-state index contributed by atoms with van der Waals surface area (Å²) in [5.41, 5.74) is 3.24. The van der Waals surface area contributed by atoms with E-state index in [1.165, 1.54) is 35.2 Å². The molecule has 0 radical (unpaired) electrons. The Morgan fingerprint density at radius 1 is 1.07 bits per heavy atom. The maximum absolute atomic E-state index is 13.2. The van der Waals surface area contributed by atoms with Gasteiger partial charge < -0.3 is 0 Å². The highest BCUT2D eigenvalue weighted by Crippen LogP contribution is 2.30. The van der Waals surface area contributed by atoms with Crippen LogP contribution in [0.15, 0.2) is 55.5 Å². The molecular formula is C20H17BrFN5O2. The van der Waals surface area contributed by atoms with E-state index in [4.69, 9.17) is 0 Å². The van der Waals surface area contributed by atoms with Crippen LogP contribution >= 0.6 is 15.9 Å². The Balaban J connectivity index is 1.78. The van der Waals surface area contributed by atoms with Gasteiger partial charge in [0.2, 0.25) is 0 Å². The molecule has 2 aromatic carbocycles. The molecule has 0 atom stereocenters. The number of aromatic nitrogens is 4. The van der Waals surface area contributed by atoms with Crippen molar-refractivity contribution in [1.82, 2.24) is 18.9 Å². The topological polar surface area (TPSA) is 77.1 Å². The molecule has 0 saturated carbocycles. The lowest BCUT2D eigenvalue weighted by Crippen LogP contribution is -2.19. The minimum Gasteiger partial charge on any atom is -0.295 e. The molecule has 0 aliphatic rings. The smallest absolute Gasteiger partial charge is 0.295 e. The van der Waals surface area contributed by atoms with Gasteiger partial charge in [-0.3, -0.25) is 24.0 Å². The van der Waals surface area contributed by atoms with Gasteiger partial charge in [0.15, 0.2) is 0 Å². The van der Waals surface area contributed by atoms with Crippen LogP contribution in [-0.2, 0) is 14.1 Å². The number of H-pyrrole nitrogens is 1. The van der Waals surface area contributed by atoms with Crippen molar-refractivity contribution in [2.45, 2.75) is 6.92 Å². The van der Waals surface area contributed by atoms with Crippen molar-refractivity contribution in [3.05, 3.63) is 78.8 Å². The zero-order valence-corrected chi connectivity index (χ0v) is 17.5. The summed E-state index contributed by atoms with van der Waals surface area (Å²) >= 11 is 3.48. The Morgan fingerprint density at radius 2 is 1.69 bits per heavy atom. The third-order valence-electron chi connectivity index (χ3n) is 4.88. The molecule has 148 valence electrons. The van der Waals surface area contributed by atoms with Crippen molar-refractivity contribution in [2.24, 2.45) is 19.1 Å². The van der Waals surface area contributed by atoms with E-state index in [-0.39, 0.29) is 17.1 Å². The standard InChI is InChI=1S/C20H17BrFN5O2/c1-11-14(19(28)27(24-11)13-6-4-12(22)5-7-13)10-23-16-9-18-17(8-15(16)21)25(2)20(29)26(18)3/h4-10,24H,1-3H3. The van der Waals surface area contributed by atoms with E-state index in [9.17, 15) is 14.0 Å². The minimum absolute atomic E-state index is 0.128. The molecule has 4 aromatic rings. The van der Waals surface area contributed by atoms with Gasteiger partial charge in [0.05, 0.1) is 28.0 Å². The number of rotatable bonds is 3. The van der Waals surface area contributed by atoms with Crippen molar-refractivity contribution in [2.75, 3.05) is 0 Å². The van der Waals surface area contributed by atoms with Gasteiger partial charge in [-0.2, -0.15) is 0 Å². The Kier molecular flexibility index (Phi) is 4.62. The van der Waals surface area contributed by atoms with Crippen molar-refractivity contribution < 1.29 is 4.39 Å². The molecule has 0 aliphatic heterocycles. The first-order valence-electron chi connectivity index (χ1n) is 8.74. The molecule has 9 heteroatoms. The van der Waals surface area contributed by atoms with Crippen LogP contribution < -0.4 is 11.2 Å². The van der Waals surface area contributed by atoms with Crippen LogP contribution in [0.2, 0.25) is 0 Å². The van der Waals surface area contributed by atoms with Gasteiger partial charge in [-0.1, -0.05) is 0 Å². The molecule has 4 rings (SSSR count). The van der Waals surface area contributed by atoms with Crippen molar-refractivity contribution in [3.63, 3.8) is 0 Å². The number of nitrogens with one attached hydrogen (secondary N) is 1. The quantitative estimate of drug-likeness (QED) is 0.479. The van der Waals surface area contributed by atoms with E-state index in [2.05, 4.69) is 26.0 Å². The zero-order chi connectivity index (χ0) is 20.9. The van der Waals surface area contributed by atoms with Gasteiger partial charge in [-0.25, -0.2) is 13.9 Å². The number of imidazole rings is 1. The van der Waals surface area contributed by atoms with Crippen LogP contribution in [0.4, 0.5) is 10.1 Å². The van der Waals surface area contributed by atoms with Crippen molar-refractivity contribution in [1.29, 1.82) is 0 Å². The summed E-state index contributed by atoms with van der Waals surface area (Å²) in [6.07, 6.45) is 1.49. The molecule has 2 heterocycles. The molecule has 0 spiro atoms. The average Bonchev–Trinajstić information content (AvgIpc) is 3.09. The molecule has 0 fully saturated rings. The molecular weight excluding hydrogens is 441 g/mol. The summed E-state index contributed by atoms with van der Waals surface area (Å²) in [6, 6.07) is 9.24. The van der Waals surface area contributed by atoms with Crippen LogP contribution in [-0.4, -0.2) is 25.1 Å². The Morgan fingerprint density at radius 3 is 2.34 bits per heavy atom. The SMILES string of the molecule is Cc1[nH]n(-c2ccc(F)cc2)c(=O)c1C=Nc1cc2c(cc1Br)n(C)c(=O)n2C. The van der Waals surface area contributed by atoms with Crippen LogP contribution in [0.5, 0.6) is 0 Å². The molecule has 29 heavy (non-hydrogen) atoms. The normalized spacial score (nSPS) is 11.8. The van der Waals surface area contributed by atoms with Gasteiger partial charge in [0.1, 0.15) is 5.82 Å². The number of aliphatic imine (C=N–C) groups is 1. The molecule has 0 aliphatic carbocycles. The van der Waals surface area contributed by atoms with E-state index < -0.39 is 0 Å². The molecule has 0 saturated heterocycles. The third kappa shape index (κ3) is 3.17. The zero-order valence-electron chi connectivity index (χ0n) is 15.9. The predicted molar refractivity (Wildman–Crippen MR) is 114 cm³/mol. The number of nitrogens with zero attached hydrogens (tertiary/aromatic N) is 4. The second-order valence-corrected chi connectivity index (χ2v) is 7.57. The molecule has 0 unspecified atom stereocenters. The number of fused-ring (bicyclic) bond motifs is 1. The maximum Gasteiger partial charge on any atom is 0.328 e. The summed E-state index contributed by atoms with van der Waals surface area (Å²) in [5, 5.41) is 2.98. The van der Waals surface area contributed by atoms with Crippen LogP contribution in [0.3, 0.4) is 0 Å². The highest BCUT2D eigenvalue weighted by Gasteiger charge is 2.13. The lowest BCUT2D eigenvalue weighted by Gasteiger charge is -2.01. The lowest BCUT2D eigenvalue weighted by atomic mass is 10.2. The second-order valence-electron chi connectivity index (χ2n) is 6.72. The Bertz CT molecular complexity index is 1390. The number of hydrogen-bond acceptors (Lipinski definition) is 3. The summed E-state index contributed by atoms with van der Waals surface area (Å²) in [6.45, 7) is 1.77. The number of aromatic amines is 1. The van der Waals surface area contributed by atoms with Gasteiger partial charge >= 0.3 is 5.69 Å². The lowest BCUT2D eigenvalue weighted by molar-refractivity contribution is 0.627. The average molecular weight is 458 g/mol. The van der Waals surface area contributed by atoms with Crippen LogP contribution in [0.25, 0.3) is 16.7 Å². The summed E-state index contributed by atoms with van der Waals surface area (Å²) in [7, 11) is 3.41. The fourth-order valence-corrected chi connectivity index (χ4v) is 3.66. The summed E-state index contributed by atoms with van der Waals surface area (Å²) in [4.78, 5) is 29.4. The first-order chi connectivity index (χ1) is 13.8. The first kappa shape index (κ1) is 19.1. The van der Waals surface area contributed by atoms with Gasteiger partial charge in [-0.15, -0.1) is 0 Å². The second kappa shape index (κ2) is 7.00. The van der Waals surface area contributed by atoms with Gasteiger partial charge in [0.25, 0.3) is 5.56 Å². The van der Waals surface area contributed by atoms with Gasteiger partial charge in [0, 0.05) is 30.5 Å². The Labute approximate surface area is 172 Å². The first-order valence-corrected chi connectivity index (χ1v) is 9.54. The fourth-order valence-electron chi connectivity index (χ4n) is 3.23. The van der Waals surface area contributed by atoms with E-state index in [1.807, 2.05) is 6.07 Å². The fraction of sp³-hybridized carbons (Fsp3) is 0.150. The largest absolute Gasteiger partial charge is 0.328 e. The molecule has 1 N–H and O–H groups in total. The number of aryl methyl sites for hydroxylation is 3. The van der Waals surface area contributed by atoms with E-state index in [0.717, 1.165) is 11.0 Å². The number of hydrogen-bond donors (Lipinski definition) is 1. The summed E-state index contributed by atoms with van der Waals surface area (Å²) < 4.78 is 18.3.